The molecule has 3 rings (SSSR count). The Bertz CT molecular complexity index is 832. The van der Waals surface area contributed by atoms with Gasteiger partial charge in [0.2, 0.25) is 10.0 Å². The van der Waals surface area contributed by atoms with E-state index in [1.54, 1.807) is 41.5 Å². The predicted molar refractivity (Wildman–Crippen MR) is 103 cm³/mol. The van der Waals surface area contributed by atoms with Crippen LogP contribution in [0.1, 0.15) is 12.2 Å². The Morgan fingerprint density at radius 2 is 1.82 bits per heavy atom. The summed E-state index contributed by atoms with van der Waals surface area (Å²) in [5, 5.41) is 2.85. The zero-order valence-electron chi connectivity index (χ0n) is 15.6. The molecule has 0 spiro atoms. The molecule has 0 bridgehead atoms. The number of sulfonamides is 1. The number of benzene rings is 1. The van der Waals surface area contributed by atoms with Crippen molar-refractivity contribution in [2.75, 3.05) is 39.3 Å². The maximum atomic E-state index is 12.6. The van der Waals surface area contributed by atoms with Gasteiger partial charge in [0, 0.05) is 39.3 Å². The summed E-state index contributed by atoms with van der Waals surface area (Å²) in [5.41, 5.74) is 0. The third-order valence-corrected chi connectivity index (χ3v) is 6.39. The zero-order chi connectivity index (χ0) is 19.8. The molecule has 1 saturated heterocycles. The maximum absolute atomic E-state index is 12.6. The largest absolute Gasteiger partial charge is 0.467 e. The van der Waals surface area contributed by atoms with Crippen molar-refractivity contribution in [3.63, 3.8) is 0 Å². The topological polar surface area (TPSA) is 92.1 Å². The molecule has 2 aromatic rings. The molecule has 28 heavy (non-hydrogen) atoms. The van der Waals surface area contributed by atoms with Crippen LogP contribution < -0.4 is 5.32 Å². The van der Waals surface area contributed by atoms with Gasteiger partial charge in [-0.1, -0.05) is 18.2 Å². The Labute approximate surface area is 165 Å². The number of ether oxygens (including phenoxy) is 1. The Kier molecular flexibility index (Phi) is 7.07. The van der Waals surface area contributed by atoms with Crippen molar-refractivity contribution >= 4 is 16.1 Å². The van der Waals surface area contributed by atoms with Gasteiger partial charge in [-0.3, -0.25) is 0 Å². The van der Waals surface area contributed by atoms with E-state index in [1.807, 2.05) is 12.1 Å². The van der Waals surface area contributed by atoms with E-state index in [0.717, 1.165) is 5.76 Å². The van der Waals surface area contributed by atoms with Crippen molar-refractivity contribution in [3.8, 4) is 0 Å². The van der Waals surface area contributed by atoms with E-state index in [1.165, 1.54) is 4.31 Å². The molecule has 0 radical (unpaired) electrons. The molecule has 0 aliphatic carbocycles. The van der Waals surface area contributed by atoms with Crippen LogP contribution in [0, 0.1) is 0 Å². The minimum Gasteiger partial charge on any atom is -0.467 e. The number of hydrogen-bond donors (Lipinski definition) is 1. The smallest absolute Gasteiger partial charge is 0.317 e. The first kappa shape index (κ1) is 20.4. The Hall–Kier alpha value is -2.36. The highest BCUT2D eigenvalue weighted by atomic mass is 32.2. The summed E-state index contributed by atoms with van der Waals surface area (Å²) in [6, 6.07) is 11.8. The summed E-state index contributed by atoms with van der Waals surface area (Å²) in [6.45, 7) is 2.75. The number of furan rings is 1. The monoisotopic (exact) mass is 407 g/mol. The van der Waals surface area contributed by atoms with Gasteiger partial charge >= 0.3 is 6.03 Å². The fourth-order valence-corrected chi connectivity index (χ4v) is 4.37. The summed E-state index contributed by atoms with van der Waals surface area (Å²) in [4.78, 5) is 14.2. The highest BCUT2D eigenvalue weighted by Crippen LogP contribution is 2.17. The number of hydrogen-bond acceptors (Lipinski definition) is 5. The van der Waals surface area contributed by atoms with Gasteiger partial charge in [0.1, 0.15) is 12.4 Å². The number of piperazine rings is 1. The van der Waals surface area contributed by atoms with Crippen LogP contribution in [0.25, 0.3) is 0 Å². The molecule has 1 N–H and O–H groups in total. The molecule has 0 atom stereocenters. The predicted octanol–water partition coefficient (Wildman–Crippen LogP) is 1.90. The highest BCUT2D eigenvalue weighted by molar-refractivity contribution is 7.89. The molecule has 1 aliphatic heterocycles. The molecule has 8 nitrogen and oxygen atoms in total. The van der Waals surface area contributed by atoms with Crippen LogP contribution in [0.4, 0.5) is 4.79 Å². The molecule has 2 heterocycles. The lowest BCUT2D eigenvalue weighted by Crippen LogP contribution is -2.53. The quantitative estimate of drug-likeness (QED) is 0.675. The van der Waals surface area contributed by atoms with E-state index in [-0.39, 0.29) is 24.0 Å². The summed E-state index contributed by atoms with van der Waals surface area (Å²) in [6.07, 6.45) is 2.29. The lowest BCUT2D eigenvalue weighted by atomic mass is 10.4. The fraction of sp³-hybridized carbons (Fsp3) is 0.421. The number of carbonyl (C=O) groups is 1. The first-order chi connectivity index (χ1) is 13.6. The van der Waals surface area contributed by atoms with Gasteiger partial charge in [-0.25, -0.2) is 13.2 Å². The molecular formula is C19H25N3O5S. The molecule has 1 aliphatic rings. The van der Waals surface area contributed by atoms with Crippen LogP contribution in [-0.2, 0) is 21.4 Å². The number of amides is 2. The highest BCUT2D eigenvalue weighted by Gasteiger charge is 2.29. The van der Waals surface area contributed by atoms with Gasteiger partial charge in [0.25, 0.3) is 0 Å². The third kappa shape index (κ3) is 5.34. The van der Waals surface area contributed by atoms with Gasteiger partial charge in [-0.05, 0) is 30.7 Å². The molecule has 2 amide bonds. The summed E-state index contributed by atoms with van der Waals surface area (Å²) < 4.78 is 37.3. The Balaban J connectivity index is 1.34. The number of carbonyl (C=O) groups excluding carboxylic acids is 1. The van der Waals surface area contributed by atoms with Gasteiger partial charge in [0.15, 0.2) is 0 Å². The van der Waals surface area contributed by atoms with Crippen LogP contribution >= 0.6 is 0 Å². The number of rotatable bonds is 8. The van der Waals surface area contributed by atoms with E-state index in [9.17, 15) is 13.2 Å². The van der Waals surface area contributed by atoms with Crippen molar-refractivity contribution in [2.24, 2.45) is 0 Å². The summed E-state index contributed by atoms with van der Waals surface area (Å²) in [7, 11) is -3.51. The number of nitrogens with one attached hydrogen (secondary N) is 1. The zero-order valence-corrected chi connectivity index (χ0v) is 16.4. The molecule has 1 aromatic carbocycles. The van der Waals surface area contributed by atoms with Gasteiger partial charge in [-0.15, -0.1) is 0 Å². The second-order valence-electron chi connectivity index (χ2n) is 6.42. The summed E-state index contributed by atoms with van der Waals surface area (Å²) in [5.74, 6) is 0.771. The average molecular weight is 407 g/mol. The second-order valence-corrected chi connectivity index (χ2v) is 8.36. The molecular weight excluding hydrogens is 382 g/mol. The van der Waals surface area contributed by atoms with E-state index in [2.05, 4.69) is 5.32 Å². The summed E-state index contributed by atoms with van der Waals surface area (Å²) >= 11 is 0. The van der Waals surface area contributed by atoms with Crippen molar-refractivity contribution in [3.05, 3.63) is 54.5 Å². The molecule has 1 fully saturated rings. The average Bonchev–Trinajstić information content (AvgIpc) is 3.24. The van der Waals surface area contributed by atoms with E-state index in [4.69, 9.17) is 9.15 Å². The third-order valence-electron chi connectivity index (χ3n) is 4.47. The lowest BCUT2D eigenvalue weighted by Gasteiger charge is -2.34. The number of urea groups is 1. The van der Waals surface area contributed by atoms with Crippen LogP contribution in [0.3, 0.4) is 0 Å². The Morgan fingerprint density at radius 1 is 1.07 bits per heavy atom. The van der Waals surface area contributed by atoms with Gasteiger partial charge < -0.3 is 19.4 Å². The standard InChI is InChI=1S/C19H25N3O5S/c23-19(20-9-5-14-26-16-17-6-4-15-27-17)21-10-12-22(13-11-21)28(24,25)18-7-2-1-3-8-18/h1-4,6-8,15H,5,9-14,16H2,(H,20,23). The van der Waals surface area contributed by atoms with Crippen molar-refractivity contribution in [2.45, 2.75) is 17.9 Å². The molecule has 1 aromatic heterocycles. The molecule has 0 saturated carbocycles. The normalized spacial score (nSPS) is 15.5. The van der Waals surface area contributed by atoms with E-state index < -0.39 is 10.0 Å². The first-order valence-corrected chi connectivity index (χ1v) is 10.7. The fourth-order valence-electron chi connectivity index (χ4n) is 2.92. The van der Waals surface area contributed by atoms with Crippen LogP contribution in [0.5, 0.6) is 0 Å². The second kappa shape index (κ2) is 9.72. The van der Waals surface area contributed by atoms with Crippen molar-refractivity contribution < 1.29 is 22.4 Å². The maximum Gasteiger partial charge on any atom is 0.317 e. The minimum absolute atomic E-state index is 0.178. The SMILES string of the molecule is O=C(NCCCOCc1ccco1)N1CCN(S(=O)(=O)c2ccccc2)CC1. The van der Waals surface area contributed by atoms with Gasteiger partial charge in [-0.2, -0.15) is 4.31 Å². The van der Waals surface area contributed by atoms with Crippen molar-refractivity contribution in [1.82, 2.24) is 14.5 Å². The lowest BCUT2D eigenvalue weighted by molar-refractivity contribution is 0.104. The van der Waals surface area contributed by atoms with Crippen molar-refractivity contribution in [1.29, 1.82) is 0 Å². The molecule has 152 valence electrons. The van der Waals surface area contributed by atoms with E-state index in [0.29, 0.717) is 39.3 Å². The van der Waals surface area contributed by atoms with Crippen LogP contribution in [0.15, 0.2) is 58.0 Å². The van der Waals surface area contributed by atoms with Crippen LogP contribution in [-0.4, -0.2) is 63.0 Å². The first-order valence-electron chi connectivity index (χ1n) is 9.25. The van der Waals surface area contributed by atoms with Crippen LogP contribution in [0.2, 0.25) is 0 Å². The minimum atomic E-state index is -3.51. The van der Waals surface area contributed by atoms with E-state index >= 15 is 0 Å². The number of nitrogens with zero attached hydrogens (tertiary/aromatic N) is 2. The Morgan fingerprint density at radius 3 is 2.50 bits per heavy atom. The molecule has 9 heteroatoms. The van der Waals surface area contributed by atoms with Gasteiger partial charge in [0.05, 0.1) is 11.2 Å². The molecule has 0 unspecified atom stereocenters.